The van der Waals surface area contributed by atoms with E-state index in [1.807, 2.05) is 6.07 Å². The number of carbonyl (C=O) groups is 3. The summed E-state index contributed by atoms with van der Waals surface area (Å²) in [7, 11) is 0. The Labute approximate surface area is 148 Å². The van der Waals surface area contributed by atoms with Crippen LogP contribution in [-0.4, -0.2) is 17.6 Å². The Morgan fingerprint density at radius 1 is 1.12 bits per heavy atom. The number of hydrogen-bond acceptors (Lipinski definition) is 4. The Morgan fingerprint density at radius 3 is 2.20 bits per heavy atom. The standard InChI is InChI=1S/C11H18O.C8H9N3O2/c1-7(12)10-8-4-5-9(6-8)11(10,2)3;9-7(12)8(13)11-10-6-4-2-1-3-5-6/h8-10H,4-6H2,1-3H3;1-5,10H,(H2,9,12)(H,11,13). The second kappa shape index (κ2) is 7.68. The number of hydrazine groups is 1. The molecule has 0 aromatic heterocycles. The minimum absolute atomic E-state index is 0.300. The summed E-state index contributed by atoms with van der Waals surface area (Å²) in [6.45, 7) is 6.33. The Morgan fingerprint density at radius 2 is 1.76 bits per heavy atom. The summed E-state index contributed by atoms with van der Waals surface area (Å²) in [5, 5.41) is 0. The predicted molar refractivity (Wildman–Crippen MR) is 96.2 cm³/mol. The maximum absolute atomic E-state index is 11.5. The third-order valence-corrected chi connectivity index (χ3v) is 5.55. The van der Waals surface area contributed by atoms with Crippen molar-refractivity contribution in [3.63, 3.8) is 0 Å². The molecule has 0 aliphatic heterocycles. The lowest BCUT2D eigenvalue weighted by Crippen LogP contribution is -2.39. The van der Waals surface area contributed by atoms with Gasteiger partial charge in [-0.25, -0.2) is 0 Å². The molecule has 1 aromatic carbocycles. The third-order valence-electron chi connectivity index (χ3n) is 5.55. The second-order valence-corrected chi connectivity index (χ2v) is 7.49. The third kappa shape index (κ3) is 4.38. The fraction of sp³-hybridized carbons (Fsp3) is 0.526. The normalized spacial score (nSPS) is 25.5. The molecule has 4 N–H and O–H groups in total. The molecule has 2 amide bonds. The predicted octanol–water partition coefficient (Wildman–Crippen LogP) is 2.26. The Hall–Kier alpha value is -2.37. The Kier molecular flexibility index (Phi) is 5.82. The van der Waals surface area contributed by atoms with Crippen LogP contribution in [0, 0.1) is 23.2 Å². The molecule has 0 heterocycles. The van der Waals surface area contributed by atoms with Crippen LogP contribution in [0.3, 0.4) is 0 Å². The van der Waals surface area contributed by atoms with Gasteiger partial charge in [-0.2, -0.15) is 0 Å². The number of anilines is 1. The molecule has 0 radical (unpaired) electrons. The first-order valence-electron chi connectivity index (χ1n) is 8.64. The molecular formula is C19H27N3O3. The zero-order valence-corrected chi connectivity index (χ0v) is 15.0. The molecule has 2 aliphatic rings. The van der Waals surface area contributed by atoms with E-state index in [-0.39, 0.29) is 0 Å². The molecule has 3 atom stereocenters. The highest BCUT2D eigenvalue weighted by Crippen LogP contribution is 2.59. The zero-order valence-electron chi connectivity index (χ0n) is 15.0. The van der Waals surface area contributed by atoms with E-state index < -0.39 is 11.8 Å². The quantitative estimate of drug-likeness (QED) is 0.578. The van der Waals surface area contributed by atoms with E-state index in [1.54, 1.807) is 31.2 Å². The lowest BCUT2D eigenvalue weighted by molar-refractivity contribution is -0.136. The lowest BCUT2D eigenvalue weighted by atomic mass is 9.67. The van der Waals surface area contributed by atoms with E-state index in [0.717, 1.165) is 11.8 Å². The minimum atomic E-state index is -1.02. The summed E-state index contributed by atoms with van der Waals surface area (Å²) in [5.41, 5.74) is 10.3. The summed E-state index contributed by atoms with van der Waals surface area (Å²) in [4.78, 5) is 32.4. The summed E-state index contributed by atoms with van der Waals surface area (Å²) in [6, 6.07) is 8.89. The monoisotopic (exact) mass is 345 g/mol. The number of benzene rings is 1. The lowest BCUT2D eigenvalue weighted by Gasteiger charge is -2.36. The van der Waals surface area contributed by atoms with Crippen LogP contribution in [-0.2, 0) is 14.4 Å². The molecule has 136 valence electrons. The number of primary amides is 1. The first-order valence-corrected chi connectivity index (χ1v) is 8.64. The van der Waals surface area contributed by atoms with E-state index >= 15 is 0 Å². The van der Waals surface area contributed by atoms with Crippen molar-refractivity contribution < 1.29 is 14.4 Å². The van der Waals surface area contributed by atoms with Crippen LogP contribution in [0.15, 0.2) is 30.3 Å². The van der Waals surface area contributed by atoms with Crippen LogP contribution < -0.4 is 16.6 Å². The number of para-hydroxylation sites is 1. The molecule has 2 saturated carbocycles. The van der Waals surface area contributed by atoms with E-state index in [1.165, 1.54) is 19.3 Å². The van der Waals surface area contributed by atoms with Gasteiger partial charge in [0.1, 0.15) is 5.78 Å². The molecular weight excluding hydrogens is 318 g/mol. The Balaban J connectivity index is 0.000000181. The molecule has 2 fully saturated rings. The molecule has 2 bridgehead atoms. The molecule has 0 saturated heterocycles. The van der Waals surface area contributed by atoms with Gasteiger partial charge in [0, 0.05) is 5.92 Å². The van der Waals surface area contributed by atoms with Crippen molar-refractivity contribution in [2.45, 2.75) is 40.0 Å². The Bertz CT molecular complexity index is 643. The molecule has 2 aliphatic carbocycles. The van der Waals surface area contributed by atoms with Gasteiger partial charge in [-0.1, -0.05) is 32.0 Å². The summed E-state index contributed by atoms with van der Waals surface area (Å²) in [5.74, 6) is 0.453. The molecule has 0 spiro atoms. The van der Waals surface area contributed by atoms with Gasteiger partial charge in [-0.05, 0) is 55.6 Å². The van der Waals surface area contributed by atoms with Crippen LogP contribution in [0.4, 0.5) is 5.69 Å². The topological polar surface area (TPSA) is 101 Å². The number of rotatable bonds is 3. The van der Waals surface area contributed by atoms with Crippen molar-refractivity contribution in [2.75, 3.05) is 5.43 Å². The highest BCUT2D eigenvalue weighted by molar-refractivity contribution is 6.34. The summed E-state index contributed by atoms with van der Waals surface area (Å²) < 4.78 is 0. The van der Waals surface area contributed by atoms with Crippen LogP contribution in [0.2, 0.25) is 0 Å². The van der Waals surface area contributed by atoms with Gasteiger partial charge in [0.2, 0.25) is 0 Å². The number of fused-ring (bicyclic) bond motifs is 2. The number of hydrogen-bond donors (Lipinski definition) is 3. The number of nitrogens with one attached hydrogen (secondary N) is 2. The van der Waals surface area contributed by atoms with Crippen LogP contribution in [0.25, 0.3) is 0 Å². The number of nitrogens with two attached hydrogens (primary N) is 1. The first kappa shape index (κ1) is 19.0. The van der Waals surface area contributed by atoms with E-state index in [0.29, 0.717) is 22.8 Å². The number of amides is 2. The molecule has 3 unspecified atom stereocenters. The molecule has 1 aromatic rings. The minimum Gasteiger partial charge on any atom is -0.361 e. The number of ketones is 1. The van der Waals surface area contributed by atoms with Gasteiger partial charge in [-0.15, -0.1) is 0 Å². The average molecular weight is 345 g/mol. The molecule has 6 nitrogen and oxygen atoms in total. The SMILES string of the molecule is CC(=O)C1C2CCC(C2)C1(C)C.NC(=O)C(=O)NNc1ccccc1. The van der Waals surface area contributed by atoms with Gasteiger partial charge >= 0.3 is 11.8 Å². The highest BCUT2D eigenvalue weighted by atomic mass is 16.2. The van der Waals surface area contributed by atoms with Gasteiger partial charge in [0.05, 0.1) is 5.69 Å². The molecule has 3 rings (SSSR count). The van der Waals surface area contributed by atoms with Gasteiger partial charge in [0.25, 0.3) is 0 Å². The van der Waals surface area contributed by atoms with Crippen LogP contribution in [0.5, 0.6) is 0 Å². The summed E-state index contributed by atoms with van der Waals surface area (Å²) in [6.07, 6.45) is 3.98. The van der Waals surface area contributed by atoms with E-state index in [2.05, 4.69) is 24.7 Å². The smallest absolute Gasteiger partial charge is 0.327 e. The van der Waals surface area contributed by atoms with Crippen LogP contribution in [0.1, 0.15) is 40.0 Å². The number of carbonyl (C=O) groups excluding carboxylic acids is 3. The fourth-order valence-corrected chi connectivity index (χ4v) is 4.42. The van der Waals surface area contributed by atoms with Crippen LogP contribution >= 0.6 is 0 Å². The molecule has 25 heavy (non-hydrogen) atoms. The van der Waals surface area contributed by atoms with E-state index in [9.17, 15) is 14.4 Å². The first-order chi connectivity index (χ1) is 11.7. The van der Waals surface area contributed by atoms with Crippen molar-refractivity contribution >= 4 is 23.3 Å². The van der Waals surface area contributed by atoms with Crippen molar-refractivity contribution in [3.8, 4) is 0 Å². The second-order valence-electron chi connectivity index (χ2n) is 7.49. The van der Waals surface area contributed by atoms with Crippen molar-refractivity contribution in [1.29, 1.82) is 0 Å². The van der Waals surface area contributed by atoms with E-state index in [4.69, 9.17) is 5.73 Å². The molecule has 6 heteroatoms. The maximum Gasteiger partial charge on any atom is 0.327 e. The van der Waals surface area contributed by atoms with Gasteiger partial charge in [-0.3, -0.25) is 25.2 Å². The maximum atomic E-state index is 11.5. The average Bonchev–Trinajstić information content (AvgIpc) is 3.12. The largest absolute Gasteiger partial charge is 0.361 e. The van der Waals surface area contributed by atoms with Crippen molar-refractivity contribution in [2.24, 2.45) is 28.9 Å². The number of Topliss-reactive ketones (excluding diaryl/α,β-unsaturated/α-hetero) is 1. The summed E-state index contributed by atoms with van der Waals surface area (Å²) >= 11 is 0. The van der Waals surface area contributed by atoms with Crippen molar-refractivity contribution in [1.82, 2.24) is 5.43 Å². The highest BCUT2D eigenvalue weighted by Gasteiger charge is 2.54. The zero-order chi connectivity index (χ0) is 18.6. The van der Waals surface area contributed by atoms with Crippen molar-refractivity contribution in [3.05, 3.63) is 30.3 Å². The van der Waals surface area contributed by atoms with Gasteiger partial charge in [0.15, 0.2) is 0 Å². The van der Waals surface area contributed by atoms with Gasteiger partial charge < -0.3 is 5.73 Å². The fourth-order valence-electron chi connectivity index (χ4n) is 4.42.